The molecule has 1 aliphatic rings. The first-order valence-corrected chi connectivity index (χ1v) is 9.66. The van der Waals surface area contributed by atoms with Crippen LogP contribution in [-0.2, 0) is 9.53 Å². The van der Waals surface area contributed by atoms with Gasteiger partial charge in [0.25, 0.3) is 0 Å². The summed E-state index contributed by atoms with van der Waals surface area (Å²) in [4.78, 5) is 20.4. The molecule has 1 fully saturated rings. The lowest BCUT2D eigenvalue weighted by Crippen LogP contribution is -2.33. The molecule has 0 amide bonds. The number of fused-ring (bicyclic) bond motifs is 1. The molecule has 2 heterocycles. The van der Waals surface area contributed by atoms with E-state index in [0.29, 0.717) is 24.3 Å². The van der Waals surface area contributed by atoms with E-state index in [2.05, 4.69) is 9.82 Å². The summed E-state index contributed by atoms with van der Waals surface area (Å²) in [6.07, 6.45) is -0.264. The van der Waals surface area contributed by atoms with E-state index >= 15 is 0 Å². The quantitative estimate of drug-likeness (QED) is 0.554. The Kier molecular flexibility index (Phi) is 5.77. The number of halogens is 4. The highest BCUT2D eigenvalue weighted by atomic mass is 19.4. The number of nitrogens with zero attached hydrogens (tertiary/aromatic N) is 2. The van der Waals surface area contributed by atoms with Gasteiger partial charge in [0.1, 0.15) is 11.3 Å². The normalized spacial score (nSPS) is 15.6. The third kappa shape index (κ3) is 4.61. The van der Waals surface area contributed by atoms with Gasteiger partial charge in [-0.3, -0.25) is 0 Å². The number of carbonyl (C=O) groups is 1. The molecule has 31 heavy (non-hydrogen) atoms. The topological polar surface area (TPSA) is 53.4 Å². The van der Waals surface area contributed by atoms with Gasteiger partial charge in [0.2, 0.25) is 0 Å². The predicted octanol–water partition coefficient (Wildman–Crippen LogP) is 4.80. The van der Waals surface area contributed by atoms with Crippen LogP contribution < -0.4 is 4.84 Å². The number of rotatable bonds is 4. The van der Waals surface area contributed by atoms with Crippen molar-refractivity contribution < 1.29 is 31.9 Å². The smallest absolute Gasteiger partial charge is 0.381 e. The molecule has 9 heteroatoms. The van der Waals surface area contributed by atoms with Gasteiger partial charge in [0.05, 0.1) is 5.52 Å². The van der Waals surface area contributed by atoms with E-state index < -0.39 is 18.0 Å². The van der Waals surface area contributed by atoms with Gasteiger partial charge in [0.15, 0.2) is 5.82 Å². The van der Waals surface area contributed by atoms with E-state index in [1.165, 1.54) is 30.3 Å². The van der Waals surface area contributed by atoms with Crippen molar-refractivity contribution in [3.8, 4) is 11.1 Å². The largest absolute Gasteiger partial charge is 0.493 e. The van der Waals surface area contributed by atoms with Crippen LogP contribution in [0.2, 0.25) is 0 Å². The van der Waals surface area contributed by atoms with Crippen molar-refractivity contribution in [2.24, 2.45) is 5.92 Å². The molecule has 2 aromatic carbocycles. The van der Waals surface area contributed by atoms with E-state index in [0.717, 1.165) is 17.6 Å². The summed E-state index contributed by atoms with van der Waals surface area (Å²) < 4.78 is 58.6. The van der Waals surface area contributed by atoms with Crippen LogP contribution in [0.1, 0.15) is 18.7 Å². The number of hydrogen-bond acceptors (Lipinski definition) is 4. The highest BCUT2D eigenvalue weighted by molar-refractivity contribution is 5.85. The second kappa shape index (κ2) is 8.50. The molecule has 4 rings (SSSR count). The van der Waals surface area contributed by atoms with E-state index in [1.54, 1.807) is 18.2 Å². The molecule has 0 aliphatic carbocycles. The van der Waals surface area contributed by atoms with Crippen molar-refractivity contribution in [3.05, 3.63) is 60.2 Å². The summed E-state index contributed by atoms with van der Waals surface area (Å²) in [6, 6.07) is 10.6. The van der Waals surface area contributed by atoms with E-state index in [4.69, 9.17) is 4.74 Å². The Balaban J connectivity index is 1.75. The lowest BCUT2D eigenvalue weighted by atomic mass is 10.00. The van der Waals surface area contributed by atoms with Crippen molar-refractivity contribution in [2.45, 2.75) is 19.0 Å². The van der Waals surface area contributed by atoms with Gasteiger partial charge >= 0.3 is 12.1 Å². The summed E-state index contributed by atoms with van der Waals surface area (Å²) in [6.45, 7) is 1.20. The maximum absolute atomic E-state index is 14.1. The zero-order chi connectivity index (χ0) is 22.0. The van der Waals surface area contributed by atoms with Crippen LogP contribution >= 0.6 is 0 Å². The lowest BCUT2D eigenvalue weighted by molar-refractivity contribution is -0.199. The number of hydrogen-bond donors (Lipinski definition) is 0. The molecule has 162 valence electrons. The lowest BCUT2D eigenvalue weighted by Gasteiger charge is -2.18. The van der Waals surface area contributed by atoms with Crippen LogP contribution in [0.15, 0.2) is 48.5 Å². The maximum atomic E-state index is 14.1. The number of benzene rings is 2. The minimum atomic E-state index is -5.16. The van der Waals surface area contributed by atoms with Gasteiger partial charge in [-0.1, -0.05) is 30.3 Å². The molecule has 5 nitrogen and oxygen atoms in total. The fourth-order valence-electron chi connectivity index (χ4n) is 3.41. The number of imidazole rings is 1. The van der Waals surface area contributed by atoms with Crippen LogP contribution in [0.25, 0.3) is 28.2 Å². The van der Waals surface area contributed by atoms with Gasteiger partial charge in [0, 0.05) is 18.8 Å². The molecule has 0 spiro atoms. The van der Waals surface area contributed by atoms with Gasteiger partial charge in [-0.2, -0.15) is 17.9 Å². The minimum absolute atomic E-state index is 0.0322. The molecule has 0 unspecified atom stereocenters. The molecular formula is C22H18F4N2O3. The zero-order valence-corrected chi connectivity index (χ0v) is 16.2. The van der Waals surface area contributed by atoms with Gasteiger partial charge in [-0.05, 0) is 48.6 Å². The summed E-state index contributed by atoms with van der Waals surface area (Å²) in [5, 5.41) is 0. The summed E-state index contributed by atoms with van der Waals surface area (Å²) >= 11 is 0. The monoisotopic (exact) mass is 434 g/mol. The number of aromatic nitrogens is 2. The van der Waals surface area contributed by atoms with Crippen LogP contribution in [0.5, 0.6) is 0 Å². The van der Waals surface area contributed by atoms with Gasteiger partial charge in [-0.25, -0.2) is 14.2 Å². The van der Waals surface area contributed by atoms with Crippen LogP contribution in [0, 0.1) is 11.7 Å². The van der Waals surface area contributed by atoms with E-state index in [-0.39, 0.29) is 22.8 Å². The Morgan fingerprint density at radius 2 is 1.90 bits per heavy atom. The Hall–Kier alpha value is -3.20. The van der Waals surface area contributed by atoms with Gasteiger partial charge in [-0.15, -0.1) is 0 Å². The molecule has 0 radical (unpaired) electrons. The molecule has 0 bridgehead atoms. The molecular weight excluding hydrogens is 416 g/mol. The van der Waals surface area contributed by atoms with Crippen molar-refractivity contribution >= 4 is 23.1 Å². The zero-order valence-electron chi connectivity index (χ0n) is 16.2. The maximum Gasteiger partial charge on any atom is 0.493 e. The first-order valence-electron chi connectivity index (χ1n) is 9.66. The molecule has 0 N–H and O–H groups in total. The van der Waals surface area contributed by atoms with Crippen LogP contribution in [0.3, 0.4) is 0 Å². The Labute approximate surface area is 174 Å². The third-order valence-electron chi connectivity index (χ3n) is 5.01. The summed E-state index contributed by atoms with van der Waals surface area (Å²) in [7, 11) is 0. The number of ether oxygens (including phenoxy) is 1. The Morgan fingerprint density at radius 1 is 1.16 bits per heavy atom. The highest BCUT2D eigenvalue weighted by Crippen LogP contribution is 2.28. The number of carbonyl (C=O) groups excluding carboxylic acids is 1. The molecule has 1 aliphatic heterocycles. The molecule has 1 saturated heterocycles. The summed E-state index contributed by atoms with van der Waals surface area (Å²) in [5.74, 6) is -2.59. The first-order chi connectivity index (χ1) is 14.8. The standard InChI is InChI=1S/C22H18F4N2O3/c23-17-4-2-1-3-16(17)15-6-7-19-18(13-15)27-20(8-5-14-9-11-30-12-10-14)28(19)31-21(29)22(24,25)26/h1-8,13-14H,9-12H2/b8-5+. The highest BCUT2D eigenvalue weighted by Gasteiger charge is 2.42. The third-order valence-corrected chi connectivity index (χ3v) is 5.01. The SMILES string of the molecule is O=C(On1c(/C=C/C2CCOCC2)nc2cc(-c3ccccc3F)ccc21)C(F)(F)F. The van der Waals surface area contributed by atoms with Gasteiger partial charge < -0.3 is 9.57 Å². The molecule has 0 saturated carbocycles. The molecule has 3 aromatic rings. The van der Waals surface area contributed by atoms with Crippen molar-refractivity contribution in [1.29, 1.82) is 0 Å². The minimum Gasteiger partial charge on any atom is -0.381 e. The molecule has 0 atom stereocenters. The predicted molar refractivity (Wildman–Crippen MR) is 105 cm³/mol. The van der Waals surface area contributed by atoms with Crippen LogP contribution in [-0.4, -0.2) is 35.1 Å². The molecule has 1 aromatic heterocycles. The Morgan fingerprint density at radius 3 is 2.61 bits per heavy atom. The van der Waals surface area contributed by atoms with E-state index in [1.807, 2.05) is 6.08 Å². The second-order valence-electron chi connectivity index (χ2n) is 7.13. The number of allylic oxidation sites excluding steroid dienone is 1. The average molecular weight is 434 g/mol. The van der Waals surface area contributed by atoms with Crippen molar-refractivity contribution in [1.82, 2.24) is 9.71 Å². The van der Waals surface area contributed by atoms with Crippen molar-refractivity contribution in [2.75, 3.05) is 13.2 Å². The first kappa shape index (κ1) is 21.0. The van der Waals surface area contributed by atoms with Crippen molar-refractivity contribution in [3.63, 3.8) is 0 Å². The average Bonchev–Trinajstić information content (AvgIpc) is 3.09. The summed E-state index contributed by atoms with van der Waals surface area (Å²) in [5.41, 5.74) is 1.24. The number of alkyl halides is 3. The fraction of sp³-hybridized carbons (Fsp3) is 0.273. The second-order valence-corrected chi connectivity index (χ2v) is 7.13. The van der Waals surface area contributed by atoms with Crippen LogP contribution in [0.4, 0.5) is 17.6 Å². The fourth-order valence-corrected chi connectivity index (χ4v) is 3.41. The Bertz CT molecular complexity index is 1130. The van der Waals surface area contributed by atoms with E-state index in [9.17, 15) is 22.4 Å².